The van der Waals surface area contributed by atoms with E-state index in [0.717, 1.165) is 0 Å². The number of hydrogen-bond donors (Lipinski definition) is 2. The molecule has 2 aromatic rings. The zero-order valence-corrected chi connectivity index (χ0v) is 11.1. The molecule has 0 saturated heterocycles. The van der Waals surface area contributed by atoms with E-state index in [2.05, 4.69) is 4.98 Å². The lowest BCUT2D eigenvalue weighted by molar-refractivity contribution is 0.100. The van der Waals surface area contributed by atoms with Crippen molar-refractivity contribution in [2.45, 2.75) is 19.4 Å². The topological polar surface area (TPSA) is 85.4 Å². The Balaban J connectivity index is 2.08. The van der Waals surface area contributed by atoms with Crippen LogP contribution in [0.25, 0.3) is 0 Å². The average Bonchev–Trinajstić information content (AvgIpc) is 2.48. The van der Waals surface area contributed by atoms with Crippen LogP contribution < -0.4 is 10.5 Å². The fourth-order valence-corrected chi connectivity index (χ4v) is 1.68. The minimum absolute atomic E-state index is 0.428. The molecule has 0 fully saturated rings. The van der Waals surface area contributed by atoms with E-state index in [4.69, 9.17) is 10.5 Å². The lowest BCUT2D eigenvalue weighted by Gasteiger charge is -2.09. The van der Waals surface area contributed by atoms with Gasteiger partial charge in [-0.25, -0.2) is 0 Å². The first-order valence-corrected chi connectivity index (χ1v) is 6.32. The van der Waals surface area contributed by atoms with Gasteiger partial charge in [0.2, 0.25) is 5.91 Å². The standard InChI is InChI=1S/C15H16N2O3/c1-2-14(18)13-8-7-12(9-17-13)20-11-5-3-10(4-6-11)15(16)19/h3-9,14,18H,2H2,1H3,(H2,16,19). The van der Waals surface area contributed by atoms with Gasteiger partial charge in [-0.1, -0.05) is 6.92 Å². The maximum Gasteiger partial charge on any atom is 0.248 e. The summed E-state index contributed by atoms with van der Waals surface area (Å²) in [6.07, 6.45) is 1.61. The predicted octanol–water partition coefficient (Wildman–Crippen LogP) is 2.42. The SMILES string of the molecule is CCC(O)c1ccc(Oc2ccc(C(N)=O)cc2)cn1. The van der Waals surface area contributed by atoms with Crippen molar-refractivity contribution in [2.24, 2.45) is 5.73 Å². The van der Waals surface area contributed by atoms with Gasteiger partial charge in [0, 0.05) is 5.56 Å². The normalized spacial score (nSPS) is 11.9. The number of hydrogen-bond acceptors (Lipinski definition) is 4. The number of primary amides is 1. The number of amides is 1. The molecule has 2 rings (SSSR count). The third kappa shape index (κ3) is 3.33. The number of pyridine rings is 1. The Kier molecular flexibility index (Phi) is 4.32. The zero-order valence-electron chi connectivity index (χ0n) is 11.1. The average molecular weight is 272 g/mol. The largest absolute Gasteiger partial charge is 0.456 e. The molecule has 1 amide bonds. The van der Waals surface area contributed by atoms with Gasteiger partial charge in [-0.15, -0.1) is 0 Å². The fraction of sp³-hybridized carbons (Fsp3) is 0.200. The van der Waals surface area contributed by atoms with E-state index >= 15 is 0 Å². The molecule has 3 N–H and O–H groups in total. The molecule has 0 spiro atoms. The Labute approximate surface area is 117 Å². The maximum atomic E-state index is 10.9. The number of rotatable bonds is 5. The monoisotopic (exact) mass is 272 g/mol. The van der Waals surface area contributed by atoms with Crippen molar-refractivity contribution in [3.8, 4) is 11.5 Å². The molecule has 104 valence electrons. The van der Waals surface area contributed by atoms with Crippen LogP contribution in [0.15, 0.2) is 42.6 Å². The first kappa shape index (κ1) is 14.0. The molecule has 20 heavy (non-hydrogen) atoms. The molecule has 5 heteroatoms. The molecular formula is C15H16N2O3. The van der Waals surface area contributed by atoms with Crippen molar-refractivity contribution in [1.82, 2.24) is 4.98 Å². The van der Waals surface area contributed by atoms with Crippen LogP contribution in [-0.4, -0.2) is 16.0 Å². The van der Waals surface area contributed by atoms with E-state index < -0.39 is 12.0 Å². The second-order valence-electron chi connectivity index (χ2n) is 4.33. The van der Waals surface area contributed by atoms with Crippen LogP contribution in [-0.2, 0) is 0 Å². The number of aliphatic hydroxyl groups excluding tert-OH is 1. The summed E-state index contributed by atoms with van der Waals surface area (Å²) in [5.41, 5.74) is 6.20. The van der Waals surface area contributed by atoms with Crippen molar-refractivity contribution < 1.29 is 14.6 Å². The van der Waals surface area contributed by atoms with Crippen molar-refractivity contribution in [1.29, 1.82) is 0 Å². The minimum atomic E-state index is -0.557. The third-order valence-electron chi connectivity index (χ3n) is 2.86. The van der Waals surface area contributed by atoms with Crippen LogP contribution in [0.4, 0.5) is 0 Å². The van der Waals surface area contributed by atoms with E-state index in [9.17, 15) is 9.90 Å². The highest BCUT2D eigenvalue weighted by atomic mass is 16.5. The number of ether oxygens (including phenoxy) is 1. The minimum Gasteiger partial charge on any atom is -0.456 e. The summed E-state index contributed by atoms with van der Waals surface area (Å²) in [6, 6.07) is 9.98. The van der Waals surface area contributed by atoms with Crippen molar-refractivity contribution in [2.75, 3.05) is 0 Å². The number of nitrogens with zero attached hydrogens (tertiary/aromatic N) is 1. The van der Waals surface area contributed by atoms with Gasteiger partial charge < -0.3 is 15.6 Å². The van der Waals surface area contributed by atoms with Crippen LogP contribution in [0, 0.1) is 0 Å². The van der Waals surface area contributed by atoms with Gasteiger partial charge in [0.1, 0.15) is 11.5 Å². The summed E-state index contributed by atoms with van der Waals surface area (Å²) in [5, 5.41) is 9.65. The fourth-order valence-electron chi connectivity index (χ4n) is 1.68. The van der Waals surface area contributed by atoms with Gasteiger partial charge in [-0.05, 0) is 42.8 Å². The summed E-state index contributed by atoms with van der Waals surface area (Å²) in [7, 11) is 0. The highest BCUT2D eigenvalue weighted by Crippen LogP contribution is 2.22. The molecule has 1 atom stereocenters. The molecule has 0 bridgehead atoms. The zero-order chi connectivity index (χ0) is 14.5. The summed E-state index contributed by atoms with van der Waals surface area (Å²) < 4.78 is 5.59. The number of aliphatic hydroxyl groups is 1. The van der Waals surface area contributed by atoms with Gasteiger partial charge in [0.25, 0.3) is 0 Å². The first-order chi connectivity index (χ1) is 9.60. The highest BCUT2D eigenvalue weighted by molar-refractivity contribution is 5.92. The summed E-state index contributed by atoms with van der Waals surface area (Å²) >= 11 is 0. The number of carbonyl (C=O) groups is 1. The van der Waals surface area contributed by atoms with Crippen molar-refractivity contribution in [3.05, 3.63) is 53.9 Å². The van der Waals surface area contributed by atoms with Crippen molar-refractivity contribution in [3.63, 3.8) is 0 Å². The van der Waals surface area contributed by atoms with Gasteiger partial charge >= 0.3 is 0 Å². The quantitative estimate of drug-likeness (QED) is 0.875. The number of carbonyl (C=O) groups excluding carboxylic acids is 1. The highest BCUT2D eigenvalue weighted by Gasteiger charge is 2.07. The maximum absolute atomic E-state index is 10.9. The van der Waals surface area contributed by atoms with E-state index in [1.807, 2.05) is 6.92 Å². The molecule has 1 aromatic heterocycles. The Hall–Kier alpha value is -2.40. The summed E-state index contributed by atoms with van der Waals surface area (Å²) in [4.78, 5) is 15.1. The molecule has 1 aromatic carbocycles. The summed E-state index contributed by atoms with van der Waals surface area (Å²) in [6.45, 7) is 1.89. The molecule has 0 saturated carbocycles. The first-order valence-electron chi connectivity index (χ1n) is 6.32. The molecule has 1 unspecified atom stereocenters. The molecule has 0 aliphatic heterocycles. The van der Waals surface area contributed by atoms with E-state index in [1.165, 1.54) is 0 Å². The van der Waals surface area contributed by atoms with Gasteiger partial charge in [0.15, 0.2) is 0 Å². The van der Waals surface area contributed by atoms with Crippen LogP contribution in [0.1, 0.15) is 35.5 Å². The number of nitrogens with two attached hydrogens (primary N) is 1. The lowest BCUT2D eigenvalue weighted by Crippen LogP contribution is -2.10. The van der Waals surface area contributed by atoms with Crippen molar-refractivity contribution >= 4 is 5.91 Å². The molecule has 0 aliphatic carbocycles. The van der Waals surface area contributed by atoms with Crippen LogP contribution in [0.5, 0.6) is 11.5 Å². The smallest absolute Gasteiger partial charge is 0.248 e. The third-order valence-corrected chi connectivity index (χ3v) is 2.86. The second kappa shape index (κ2) is 6.16. The van der Waals surface area contributed by atoms with Gasteiger partial charge in [-0.2, -0.15) is 0 Å². The van der Waals surface area contributed by atoms with Crippen LogP contribution >= 0.6 is 0 Å². The molecule has 5 nitrogen and oxygen atoms in total. The van der Waals surface area contributed by atoms with Gasteiger partial charge in [-0.3, -0.25) is 9.78 Å². The predicted molar refractivity (Wildman–Crippen MR) is 74.5 cm³/mol. The van der Waals surface area contributed by atoms with Crippen LogP contribution in [0.2, 0.25) is 0 Å². The van der Waals surface area contributed by atoms with E-state index in [0.29, 0.717) is 29.2 Å². The number of benzene rings is 1. The Bertz CT molecular complexity index is 579. The van der Waals surface area contributed by atoms with Crippen LogP contribution in [0.3, 0.4) is 0 Å². The molecule has 1 heterocycles. The van der Waals surface area contributed by atoms with Gasteiger partial charge in [0.05, 0.1) is 18.0 Å². The van der Waals surface area contributed by atoms with E-state index in [1.54, 1.807) is 42.6 Å². The Morgan fingerprint density at radius 3 is 2.40 bits per heavy atom. The Morgan fingerprint density at radius 1 is 1.25 bits per heavy atom. The Morgan fingerprint density at radius 2 is 1.90 bits per heavy atom. The lowest BCUT2D eigenvalue weighted by atomic mass is 10.2. The molecular weight excluding hydrogens is 256 g/mol. The number of aromatic nitrogens is 1. The molecule has 0 radical (unpaired) electrons. The van der Waals surface area contributed by atoms with E-state index in [-0.39, 0.29) is 0 Å². The molecule has 0 aliphatic rings. The summed E-state index contributed by atoms with van der Waals surface area (Å²) in [5.74, 6) is 0.667. The second-order valence-corrected chi connectivity index (χ2v) is 4.33.